The van der Waals surface area contributed by atoms with Crippen LogP contribution in [0, 0.1) is 0 Å². The molecule has 0 aromatic heterocycles. The first-order chi connectivity index (χ1) is 7.70. The molecule has 5 nitrogen and oxygen atoms in total. The van der Waals surface area contributed by atoms with Gasteiger partial charge in [-0.05, 0) is 25.9 Å². The Morgan fingerprint density at radius 1 is 1.19 bits per heavy atom. The molecule has 0 aliphatic heterocycles. The molecule has 0 saturated heterocycles. The van der Waals surface area contributed by atoms with E-state index in [2.05, 4.69) is 24.1 Å². The number of amides is 1. The first-order valence-corrected chi connectivity index (χ1v) is 5.97. The minimum atomic E-state index is -0.998. The van der Waals surface area contributed by atoms with Crippen LogP contribution in [-0.2, 0) is 4.74 Å². The van der Waals surface area contributed by atoms with Gasteiger partial charge in [-0.15, -0.1) is 0 Å². The molecule has 0 fully saturated rings. The van der Waals surface area contributed by atoms with Gasteiger partial charge >= 0.3 is 6.09 Å². The maximum atomic E-state index is 10.1. The van der Waals surface area contributed by atoms with Crippen LogP contribution in [0.3, 0.4) is 0 Å². The summed E-state index contributed by atoms with van der Waals surface area (Å²) in [6.45, 7) is 8.93. The van der Waals surface area contributed by atoms with E-state index < -0.39 is 6.09 Å². The van der Waals surface area contributed by atoms with Crippen molar-refractivity contribution in [3.63, 3.8) is 0 Å². The van der Waals surface area contributed by atoms with Gasteiger partial charge in [-0.25, -0.2) is 4.79 Å². The summed E-state index contributed by atoms with van der Waals surface area (Å²) < 4.78 is 5.34. The maximum absolute atomic E-state index is 10.1. The highest BCUT2D eigenvalue weighted by atomic mass is 16.5. The summed E-state index contributed by atoms with van der Waals surface area (Å²) in [6.07, 6.45) is 1.31. The predicted molar refractivity (Wildman–Crippen MR) is 63.9 cm³/mol. The molecule has 0 aromatic rings. The van der Waals surface area contributed by atoms with Crippen molar-refractivity contribution in [2.24, 2.45) is 0 Å². The second kappa shape index (κ2) is 10.7. The zero-order chi connectivity index (χ0) is 12.2. The lowest BCUT2D eigenvalue weighted by molar-refractivity contribution is 0.104. The summed E-state index contributed by atoms with van der Waals surface area (Å²) in [7, 11) is 0. The van der Waals surface area contributed by atoms with Crippen molar-refractivity contribution >= 4 is 6.09 Å². The Hall–Kier alpha value is -0.810. The minimum Gasteiger partial charge on any atom is -0.465 e. The van der Waals surface area contributed by atoms with Crippen LogP contribution in [0.15, 0.2) is 0 Å². The Morgan fingerprint density at radius 3 is 2.31 bits per heavy atom. The third kappa shape index (κ3) is 9.73. The van der Waals surface area contributed by atoms with E-state index in [4.69, 9.17) is 9.84 Å². The first kappa shape index (κ1) is 15.2. The molecule has 0 aromatic carbocycles. The lowest BCUT2D eigenvalue weighted by atomic mass is 10.3. The van der Waals surface area contributed by atoms with Crippen molar-refractivity contribution in [2.75, 3.05) is 39.4 Å². The molecule has 0 aliphatic rings. The number of hydrogen-bond acceptors (Lipinski definition) is 3. The SMILES string of the molecule is CCCN(CCC)CCOCCNC(=O)O. The number of hydrogen-bond donors (Lipinski definition) is 2. The Bertz CT molecular complexity index is 171. The molecular formula is C11H24N2O3. The van der Waals surface area contributed by atoms with Crippen molar-refractivity contribution < 1.29 is 14.6 Å². The van der Waals surface area contributed by atoms with Crippen molar-refractivity contribution in [3.8, 4) is 0 Å². The minimum absolute atomic E-state index is 0.358. The normalized spacial score (nSPS) is 10.7. The van der Waals surface area contributed by atoms with Gasteiger partial charge in [-0.2, -0.15) is 0 Å². The summed E-state index contributed by atoms with van der Waals surface area (Å²) in [6, 6.07) is 0. The summed E-state index contributed by atoms with van der Waals surface area (Å²) in [4.78, 5) is 12.5. The van der Waals surface area contributed by atoms with E-state index in [1.807, 2.05) is 0 Å². The maximum Gasteiger partial charge on any atom is 0.404 e. The summed E-state index contributed by atoms with van der Waals surface area (Å²) in [5.74, 6) is 0. The Balaban J connectivity index is 3.35. The first-order valence-electron chi connectivity index (χ1n) is 5.97. The van der Waals surface area contributed by atoms with E-state index in [9.17, 15) is 4.79 Å². The van der Waals surface area contributed by atoms with Crippen LogP contribution in [-0.4, -0.2) is 55.5 Å². The Kier molecular flexibility index (Phi) is 10.2. The third-order valence-corrected chi connectivity index (χ3v) is 2.15. The quantitative estimate of drug-likeness (QED) is 0.559. The molecule has 0 radical (unpaired) electrons. The highest BCUT2D eigenvalue weighted by molar-refractivity contribution is 5.64. The number of rotatable bonds is 10. The lowest BCUT2D eigenvalue weighted by Crippen LogP contribution is -2.30. The largest absolute Gasteiger partial charge is 0.465 e. The molecule has 0 heterocycles. The number of carbonyl (C=O) groups is 1. The van der Waals surface area contributed by atoms with Gasteiger partial charge in [0.2, 0.25) is 0 Å². The van der Waals surface area contributed by atoms with E-state index in [0.717, 1.165) is 32.5 Å². The van der Waals surface area contributed by atoms with Crippen LogP contribution >= 0.6 is 0 Å². The molecule has 0 spiro atoms. The van der Waals surface area contributed by atoms with Gasteiger partial charge in [-0.1, -0.05) is 13.8 Å². The zero-order valence-corrected chi connectivity index (χ0v) is 10.4. The predicted octanol–water partition coefficient (Wildman–Crippen LogP) is 1.39. The van der Waals surface area contributed by atoms with E-state index in [0.29, 0.717) is 19.8 Å². The van der Waals surface area contributed by atoms with Gasteiger partial charge in [0.1, 0.15) is 0 Å². The van der Waals surface area contributed by atoms with Crippen molar-refractivity contribution in [2.45, 2.75) is 26.7 Å². The molecule has 0 saturated carbocycles. The smallest absolute Gasteiger partial charge is 0.404 e. The van der Waals surface area contributed by atoms with E-state index in [1.165, 1.54) is 0 Å². The molecule has 0 rings (SSSR count). The van der Waals surface area contributed by atoms with Gasteiger partial charge in [0.25, 0.3) is 0 Å². The van der Waals surface area contributed by atoms with Crippen LogP contribution < -0.4 is 5.32 Å². The van der Waals surface area contributed by atoms with Crippen molar-refractivity contribution in [1.82, 2.24) is 10.2 Å². The van der Waals surface area contributed by atoms with Crippen molar-refractivity contribution in [3.05, 3.63) is 0 Å². The summed E-state index contributed by atoms with van der Waals surface area (Å²) in [5, 5.41) is 10.6. The molecule has 5 heteroatoms. The van der Waals surface area contributed by atoms with Gasteiger partial charge in [-0.3, -0.25) is 0 Å². The second-order valence-electron chi connectivity index (χ2n) is 3.69. The van der Waals surface area contributed by atoms with Crippen LogP contribution in [0.25, 0.3) is 0 Å². The topological polar surface area (TPSA) is 61.8 Å². The van der Waals surface area contributed by atoms with Gasteiger partial charge < -0.3 is 20.1 Å². The van der Waals surface area contributed by atoms with Crippen LogP contribution in [0.2, 0.25) is 0 Å². The molecule has 2 N–H and O–H groups in total. The Labute approximate surface area is 97.8 Å². The Morgan fingerprint density at radius 2 is 1.81 bits per heavy atom. The fourth-order valence-electron chi connectivity index (χ4n) is 1.49. The molecule has 0 aliphatic carbocycles. The molecule has 0 atom stereocenters. The molecular weight excluding hydrogens is 208 g/mol. The molecule has 0 bridgehead atoms. The lowest BCUT2D eigenvalue weighted by Gasteiger charge is -2.20. The fourth-order valence-corrected chi connectivity index (χ4v) is 1.49. The van der Waals surface area contributed by atoms with Gasteiger partial charge in [0.05, 0.1) is 13.2 Å². The van der Waals surface area contributed by atoms with Gasteiger partial charge in [0.15, 0.2) is 0 Å². The highest BCUT2D eigenvalue weighted by Crippen LogP contribution is 1.93. The standard InChI is InChI=1S/C11H24N2O3/c1-3-6-13(7-4-2)8-10-16-9-5-12-11(14)15/h12H,3-10H2,1-2H3,(H,14,15). The number of nitrogens with zero attached hydrogens (tertiary/aromatic N) is 1. The van der Waals surface area contributed by atoms with Crippen LogP contribution in [0.5, 0.6) is 0 Å². The molecule has 1 amide bonds. The zero-order valence-electron chi connectivity index (χ0n) is 10.4. The van der Waals surface area contributed by atoms with E-state index in [-0.39, 0.29) is 0 Å². The second-order valence-corrected chi connectivity index (χ2v) is 3.69. The number of carboxylic acid groups (broad SMARTS) is 1. The van der Waals surface area contributed by atoms with Gasteiger partial charge in [0, 0.05) is 13.1 Å². The highest BCUT2D eigenvalue weighted by Gasteiger charge is 2.01. The monoisotopic (exact) mass is 232 g/mol. The van der Waals surface area contributed by atoms with Crippen LogP contribution in [0.1, 0.15) is 26.7 Å². The third-order valence-electron chi connectivity index (χ3n) is 2.15. The van der Waals surface area contributed by atoms with E-state index in [1.54, 1.807) is 0 Å². The average Bonchev–Trinajstić information content (AvgIpc) is 2.23. The summed E-state index contributed by atoms with van der Waals surface area (Å²) in [5.41, 5.74) is 0. The van der Waals surface area contributed by atoms with Crippen molar-refractivity contribution in [1.29, 1.82) is 0 Å². The number of ether oxygens (including phenoxy) is 1. The molecule has 16 heavy (non-hydrogen) atoms. The number of nitrogens with one attached hydrogen (secondary N) is 1. The van der Waals surface area contributed by atoms with E-state index >= 15 is 0 Å². The fraction of sp³-hybridized carbons (Fsp3) is 0.909. The summed E-state index contributed by atoms with van der Waals surface area (Å²) >= 11 is 0. The van der Waals surface area contributed by atoms with Crippen LogP contribution in [0.4, 0.5) is 4.79 Å². The molecule has 96 valence electrons. The average molecular weight is 232 g/mol. The molecule has 0 unspecified atom stereocenters.